The van der Waals surface area contributed by atoms with E-state index in [1.165, 1.54) is 12.1 Å². The second-order valence-electron chi connectivity index (χ2n) is 4.44. The van der Waals surface area contributed by atoms with E-state index in [0.717, 1.165) is 0 Å². The summed E-state index contributed by atoms with van der Waals surface area (Å²) in [4.78, 5) is 0. The second-order valence-corrected chi connectivity index (χ2v) is 4.44. The van der Waals surface area contributed by atoms with E-state index in [4.69, 9.17) is 14.9 Å². The molecule has 7 heteroatoms. The van der Waals surface area contributed by atoms with Crippen molar-refractivity contribution in [2.75, 3.05) is 11.9 Å². The number of ether oxygens (including phenoxy) is 1. The van der Waals surface area contributed by atoms with Gasteiger partial charge in [-0.25, -0.2) is 0 Å². The van der Waals surface area contributed by atoms with Crippen molar-refractivity contribution in [3.05, 3.63) is 24.3 Å². The first-order valence-electron chi connectivity index (χ1n) is 5.89. The van der Waals surface area contributed by atoms with Crippen LogP contribution >= 0.6 is 0 Å². The van der Waals surface area contributed by atoms with Gasteiger partial charge >= 0.3 is 0 Å². The minimum absolute atomic E-state index is 0.0966. The molecule has 1 saturated heterocycles. The molecule has 0 amide bonds. The highest BCUT2D eigenvalue weighted by atomic mass is 16.6. The summed E-state index contributed by atoms with van der Waals surface area (Å²) in [5.41, 5.74) is 0.558. The molecule has 1 aromatic rings. The average Bonchev–Trinajstić information content (AvgIpc) is 2.42. The molecule has 6 N–H and O–H groups in total. The van der Waals surface area contributed by atoms with Crippen molar-refractivity contribution in [1.29, 1.82) is 0 Å². The monoisotopic (exact) mass is 271 g/mol. The van der Waals surface area contributed by atoms with Gasteiger partial charge in [-0.15, -0.1) is 0 Å². The Hall–Kier alpha value is -1.38. The van der Waals surface area contributed by atoms with Crippen LogP contribution in [0.3, 0.4) is 0 Å². The summed E-state index contributed by atoms with van der Waals surface area (Å²) < 4.78 is 5.28. The lowest BCUT2D eigenvalue weighted by Gasteiger charge is -2.40. The summed E-state index contributed by atoms with van der Waals surface area (Å²) in [6.07, 6.45) is -6.06. The number of aromatic hydroxyl groups is 1. The van der Waals surface area contributed by atoms with E-state index in [9.17, 15) is 15.3 Å². The van der Waals surface area contributed by atoms with E-state index in [-0.39, 0.29) is 5.75 Å². The van der Waals surface area contributed by atoms with E-state index in [1.54, 1.807) is 12.1 Å². The van der Waals surface area contributed by atoms with E-state index in [2.05, 4.69) is 5.32 Å². The zero-order valence-corrected chi connectivity index (χ0v) is 10.0. The Labute approximate surface area is 109 Å². The quantitative estimate of drug-likeness (QED) is 0.374. The van der Waals surface area contributed by atoms with E-state index in [1.807, 2.05) is 0 Å². The van der Waals surface area contributed by atoms with Crippen LogP contribution < -0.4 is 5.32 Å². The van der Waals surface area contributed by atoms with Crippen LogP contribution in [0.25, 0.3) is 0 Å². The number of benzene rings is 1. The number of hydrogen-bond donors (Lipinski definition) is 6. The summed E-state index contributed by atoms with van der Waals surface area (Å²) >= 11 is 0. The van der Waals surface area contributed by atoms with Crippen molar-refractivity contribution in [3.8, 4) is 5.75 Å². The Balaban J connectivity index is 2.08. The third-order valence-corrected chi connectivity index (χ3v) is 3.07. The maximum atomic E-state index is 9.81. The molecule has 0 unspecified atom stereocenters. The lowest BCUT2D eigenvalue weighted by atomic mass is 9.98. The topological polar surface area (TPSA) is 122 Å². The Morgan fingerprint density at radius 3 is 2.21 bits per heavy atom. The number of anilines is 1. The van der Waals surface area contributed by atoms with Gasteiger partial charge in [0.2, 0.25) is 0 Å². The van der Waals surface area contributed by atoms with Crippen molar-refractivity contribution >= 4 is 5.69 Å². The van der Waals surface area contributed by atoms with Crippen LogP contribution in [0.4, 0.5) is 5.69 Å². The summed E-state index contributed by atoms with van der Waals surface area (Å²) in [5, 5.41) is 50.1. The zero-order chi connectivity index (χ0) is 14.0. The molecule has 0 radical (unpaired) electrons. The highest BCUT2D eigenvalue weighted by molar-refractivity contribution is 5.46. The van der Waals surface area contributed by atoms with Gasteiger partial charge in [0.1, 0.15) is 30.2 Å². The summed E-state index contributed by atoms with van der Waals surface area (Å²) in [7, 11) is 0. The maximum Gasteiger partial charge on any atom is 0.157 e. The molecule has 1 aliphatic rings. The van der Waals surface area contributed by atoms with Crippen molar-refractivity contribution in [2.24, 2.45) is 0 Å². The highest BCUT2D eigenvalue weighted by Crippen LogP contribution is 2.23. The summed E-state index contributed by atoms with van der Waals surface area (Å²) in [5.74, 6) is 0.0966. The van der Waals surface area contributed by atoms with Gasteiger partial charge in [0.15, 0.2) is 6.23 Å². The predicted molar refractivity (Wildman–Crippen MR) is 65.5 cm³/mol. The van der Waals surface area contributed by atoms with E-state index in [0.29, 0.717) is 5.69 Å². The van der Waals surface area contributed by atoms with Crippen LogP contribution in [0.2, 0.25) is 0 Å². The average molecular weight is 271 g/mol. The lowest BCUT2D eigenvalue weighted by Crippen LogP contribution is -2.60. The van der Waals surface area contributed by atoms with Gasteiger partial charge in [-0.3, -0.25) is 0 Å². The van der Waals surface area contributed by atoms with Crippen LogP contribution in [0.15, 0.2) is 24.3 Å². The van der Waals surface area contributed by atoms with Crippen LogP contribution in [0, 0.1) is 0 Å². The van der Waals surface area contributed by atoms with Crippen molar-refractivity contribution in [2.45, 2.75) is 30.6 Å². The third-order valence-electron chi connectivity index (χ3n) is 3.07. The number of nitrogens with one attached hydrogen (secondary N) is 1. The largest absolute Gasteiger partial charge is 0.508 e. The van der Waals surface area contributed by atoms with Crippen LogP contribution in [-0.4, -0.2) is 62.8 Å². The number of phenols is 1. The Kier molecular flexibility index (Phi) is 4.23. The SMILES string of the molecule is OC[C@@H]1O[C@H](Nc2ccc(O)cc2)[C@H](O)[C@H](O)[C@H]1O. The van der Waals surface area contributed by atoms with Gasteiger partial charge < -0.3 is 35.6 Å². The standard InChI is InChI=1S/C12H17NO6/c14-5-8-9(16)10(17)11(18)12(19-8)13-6-1-3-7(15)4-2-6/h1-4,8-18H,5H2/t8-,9-,10+,11+,12-/m0/s1. The molecule has 7 nitrogen and oxygen atoms in total. The number of aliphatic hydroxyl groups is 4. The smallest absolute Gasteiger partial charge is 0.157 e. The molecule has 1 heterocycles. The van der Waals surface area contributed by atoms with Crippen LogP contribution in [0.1, 0.15) is 0 Å². The number of phenolic OH excluding ortho intramolecular Hbond substituents is 1. The molecule has 1 fully saturated rings. The van der Waals surface area contributed by atoms with E-state index < -0.39 is 37.3 Å². The molecule has 5 atom stereocenters. The predicted octanol–water partition coefficient (Wildman–Crippen LogP) is -1.40. The molecule has 0 bridgehead atoms. The van der Waals surface area contributed by atoms with Gasteiger partial charge in [0, 0.05) is 5.69 Å². The van der Waals surface area contributed by atoms with Gasteiger partial charge in [0.05, 0.1) is 6.61 Å². The Morgan fingerprint density at radius 1 is 1.00 bits per heavy atom. The molecular formula is C12H17NO6. The molecule has 0 spiro atoms. The molecule has 1 aromatic carbocycles. The van der Waals surface area contributed by atoms with Crippen LogP contribution in [0.5, 0.6) is 5.75 Å². The molecule has 2 rings (SSSR count). The minimum Gasteiger partial charge on any atom is -0.508 e. The molecule has 0 saturated carbocycles. The van der Waals surface area contributed by atoms with Gasteiger partial charge in [-0.05, 0) is 24.3 Å². The zero-order valence-electron chi connectivity index (χ0n) is 10.0. The maximum absolute atomic E-state index is 9.81. The molecule has 1 aliphatic heterocycles. The van der Waals surface area contributed by atoms with Gasteiger partial charge in [0.25, 0.3) is 0 Å². The first-order chi connectivity index (χ1) is 9.02. The second kappa shape index (κ2) is 5.72. The Bertz CT molecular complexity index is 409. The molecule has 106 valence electrons. The van der Waals surface area contributed by atoms with Gasteiger partial charge in [-0.2, -0.15) is 0 Å². The van der Waals surface area contributed by atoms with Gasteiger partial charge in [-0.1, -0.05) is 0 Å². The van der Waals surface area contributed by atoms with Crippen LogP contribution in [-0.2, 0) is 4.74 Å². The van der Waals surface area contributed by atoms with Crippen molar-refractivity contribution in [3.63, 3.8) is 0 Å². The first-order valence-corrected chi connectivity index (χ1v) is 5.89. The fourth-order valence-corrected chi connectivity index (χ4v) is 1.94. The molecule has 0 aliphatic carbocycles. The first kappa shape index (κ1) is 14.0. The lowest BCUT2D eigenvalue weighted by molar-refractivity contribution is -0.221. The third kappa shape index (κ3) is 2.96. The Morgan fingerprint density at radius 2 is 1.63 bits per heavy atom. The minimum atomic E-state index is -1.42. The molecular weight excluding hydrogens is 254 g/mol. The summed E-state index contributed by atoms with van der Waals surface area (Å²) in [6, 6.07) is 6.03. The summed E-state index contributed by atoms with van der Waals surface area (Å²) in [6.45, 7) is -0.474. The number of aliphatic hydroxyl groups excluding tert-OH is 4. The fourth-order valence-electron chi connectivity index (χ4n) is 1.94. The van der Waals surface area contributed by atoms with Crippen molar-refractivity contribution < 1.29 is 30.3 Å². The fraction of sp³-hybridized carbons (Fsp3) is 0.500. The normalized spacial score (nSPS) is 35.1. The number of hydrogen-bond acceptors (Lipinski definition) is 7. The van der Waals surface area contributed by atoms with E-state index >= 15 is 0 Å². The highest BCUT2D eigenvalue weighted by Gasteiger charge is 2.43. The molecule has 0 aromatic heterocycles. The number of rotatable bonds is 3. The van der Waals surface area contributed by atoms with Crippen molar-refractivity contribution in [1.82, 2.24) is 0 Å². The molecule has 19 heavy (non-hydrogen) atoms.